The van der Waals surface area contributed by atoms with Crippen LogP contribution >= 0.6 is 0 Å². The quantitative estimate of drug-likeness (QED) is 0.172. The van der Waals surface area contributed by atoms with Crippen molar-refractivity contribution in [2.24, 2.45) is 0 Å². The SMILES string of the molecule is CC1(C)c2ccccc2-c2ccc(-c3cccc(N(c4ccccc4)c4ccc5c(c4)C(C)(C)c4cc(-n6c7ccccc7c7ccccc76)ccc4-5)c3)cc21. The fourth-order valence-electron chi connectivity index (χ4n) is 9.93. The molecule has 0 fully saturated rings. The largest absolute Gasteiger partial charge is 0.310 e. The molecule has 9 aromatic rings. The zero-order valence-electron chi connectivity index (χ0n) is 32.2. The molecule has 0 N–H and O–H groups in total. The normalized spacial score (nSPS) is 14.4. The number of fused-ring (bicyclic) bond motifs is 9. The Kier molecular flexibility index (Phi) is 6.98. The molecule has 56 heavy (non-hydrogen) atoms. The Morgan fingerprint density at radius 3 is 1.62 bits per heavy atom. The van der Waals surface area contributed by atoms with Gasteiger partial charge in [-0.2, -0.15) is 0 Å². The molecule has 0 radical (unpaired) electrons. The molecule has 0 spiro atoms. The lowest BCUT2D eigenvalue weighted by Gasteiger charge is -2.28. The van der Waals surface area contributed by atoms with Crippen LogP contribution in [0.15, 0.2) is 182 Å². The summed E-state index contributed by atoms with van der Waals surface area (Å²) in [7, 11) is 0. The summed E-state index contributed by atoms with van der Waals surface area (Å²) in [6, 6.07) is 67.5. The third kappa shape index (κ3) is 4.69. The molecule has 2 nitrogen and oxygen atoms in total. The number of hydrogen-bond acceptors (Lipinski definition) is 1. The van der Waals surface area contributed by atoms with Gasteiger partial charge < -0.3 is 9.47 Å². The van der Waals surface area contributed by atoms with Gasteiger partial charge in [0.25, 0.3) is 0 Å². The van der Waals surface area contributed by atoms with Crippen LogP contribution in [0.3, 0.4) is 0 Å². The van der Waals surface area contributed by atoms with E-state index in [2.05, 4.69) is 219 Å². The van der Waals surface area contributed by atoms with Crippen LogP contribution in [0.25, 0.3) is 60.9 Å². The van der Waals surface area contributed by atoms with Crippen LogP contribution < -0.4 is 4.90 Å². The number of rotatable bonds is 5. The molecule has 0 amide bonds. The van der Waals surface area contributed by atoms with Crippen LogP contribution in [0.5, 0.6) is 0 Å². The summed E-state index contributed by atoms with van der Waals surface area (Å²) < 4.78 is 2.43. The van der Waals surface area contributed by atoms with E-state index in [9.17, 15) is 0 Å². The smallest absolute Gasteiger partial charge is 0.0541 e. The van der Waals surface area contributed by atoms with E-state index < -0.39 is 0 Å². The Hall–Kier alpha value is -6.64. The van der Waals surface area contributed by atoms with Gasteiger partial charge in [0.15, 0.2) is 0 Å². The highest BCUT2D eigenvalue weighted by Gasteiger charge is 2.37. The van der Waals surface area contributed by atoms with E-state index in [1.807, 2.05) is 0 Å². The Labute approximate surface area is 328 Å². The summed E-state index contributed by atoms with van der Waals surface area (Å²) in [5, 5.41) is 2.57. The Bertz CT molecular complexity index is 2980. The van der Waals surface area contributed by atoms with Crippen molar-refractivity contribution in [3.8, 4) is 39.1 Å². The molecule has 0 atom stereocenters. The van der Waals surface area contributed by atoms with Crippen LogP contribution in [0, 0.1) is 0 Å². The van der Waals surface area contributed by atoms with Crippen molar-refractivity contribution in [3.63, 3.8) is 0 Å². The second-order valence-electron chi connectivity index (χ2n) is 16.6. The average Bonchev–Trinajstić information content (AvgIpc) is 3.78. The van der Waals surface area contributed by atoms with E-state index in [4.69, 9.17) is 0 Å². The molecule has 8 aromatic carbocycles. The Morgan fingerprint density at radius 2 is 0.875 bits per heavy atom. The standard InChI is InChI=1S/C54H42N2/c1-53(2)47-22-11-8-19-41(47)42-28-25-36(32-48(42)53)35-15-14-18-38(31-35)55(37-16-6-5-7-17-37)39-26-29-43-44-30-27-40(34-50(44)54(3,4)49(43)33-39)56-51-23-12-9-20-45(51)46-21-10-13-24-52(46)56/h5-34H,1-4H3. The van der Waals surface area contributed by atoms with E-state index in [-0.39, 0.29) is 10.8 Å². The van der Waals surface area contributed by atoms with Gasteiger partial charge in [-0.15, -0.1) is 0 Å². The van der Waals surface area contributed by atoms with Gasteiger partial charge >= 0.3 is 0 Å². The minimum Gasteiger partial charge on any atom is -0.310 e. The third-order valence-corrected chi connectivity index (χ3v) is 12.8. The van der Waals surface area contributed by atoms with Gasteiger partial charge in [-0.3, -0.25) is 0 Å². The lowest BCUT2D eigenvalue weighted by atomic mass is 9.81. The second-order valence-corrected chi connectivity index (χ2v) is 16.6. The zero-order valence-corrected chi connectivity index (χ0v) is 32.2. The molecule has 2 aliphatic rings. The molecule has 11 rings (SSSR count). The first-order chi connectivity index (χ1) is 27.3. The van der Waals surface area contributed by atoms with Crippen molar-refractivity contribution in [3.05, 3.63) is 204 Å². The average molecular weight is 719 g/mol. The molecular formula is C54H42N2. The Balaban J connectivity index is 1.01. The summed E-state index contributed by atoms with van der Waals surface area (Å²) in [5.41, 5.74) is 20.1. The topological polar surface area (TPSA) is 8.17 Å². The van der Waals surface area contributed by atoms with Crippen LogP contribution in [0.4, 0.5) is 17.1 Å². The molecule has 0 saturated carbocycles. The van der Waals surface area contributed by atoms with Gasteiger partial charge in [0.1, 0.15) is 0 Å². The van der Waals surface area contributed by atoms with Crippen molar-refractivity contribution in [1.82, 2.24) is 4.57 Å². The molecule has 1 heterocycles. The molecule has 268 valence electrons. The summed E-state index contributed by atoms with van der Waals surface area (Å²) in [4.78, 5) is 2.42. The maximum atomic E-state index is 2.43. The van der Waals surface area contributed by atoms with E-state index >= 15 is 0 Å². The predicted molar refractivity (Wildman–Crippen MR) is 236 cm³/mol. The zero-order chi connectivity index (χ0) is 37.8. The van der Waals surface area contributed by atoms with Gasteiger partial charge in [-0.05, 0) is 122 Å². The number of aromatic nitrogens is 1. The minimum atomic E-state index is -0.200. The Morgan fingerprint density at radius 1 is 0.357 bits per heavy atom. The number of benzene rings is 8. The molecule has 0 bridgehead atoms. The summed E-state index contributed by atoms with van der Waals surface area (Å²) in [6.45, 7) is 9.48. The number of anilines is 3. The summed E-state index contributed by atoms with van der Waals surface area (Å²) >= 11 is 0. The van der Waals surface area contributed by atoms with Gasteiger partial charge in [0.05, 0.1) is 11.0 Å². The number of para-hydroxylation sites is 3. The fourth-order valence-corrected chi connectivity index (χ4v) is 9.93. The molecular weight excluding hydrogens is 677 g/mol. The van der Waals surface area contributed by atoms with Crippen molar-refractivity contribution >= 4 is 38.9 Å². The van der Waals surface area contributed by atoms with E-state index in [1.165, 1.54) is 83.1 Å². The summed E-state index contributed by atoms with van der Waals surface area (Å²) in [5.74, 6) is 0. The number of hydrogen-bond donors (Lipinski definition) is 0. The molecule has 1 aromatic heterocycles. The van der Waals surface area contributed by atoms with Gasteiger partial charge in [0, 0.05) is 44.4 Å². The van der Waals surface area contributed by atoms with E-state index in [1.54, 1.807) is 0 Å². The van der Waals surface area contributed by atoms with Crippen LogP contribution in [-0.4, -0.2) is 4.57 Å². The number of nitrogens with zero attached hydrogens (tertiary/aromatic N) is 2. The minimum absolute atomic E-state index is 0.0470. The van der Waals surface area contributed by atoms with Crippen molar-refractivity contribution in [1.29, 1.82) is 0 Å². The second kappa shape index (κ2) is 11.9. The highest BCUT2D eigenvalue weighted by Crippen LogP contribution is 2.52. The monoisotopic (exact) mass is 718 g/mol. The highest BCUT2D eigenvalue weighted by molar-refractivity contribution is 6.09. The molecule has 0 unspecified atom stereocenters. The molecule has 0 aliphatic heterocycles. The molecule has 2 heteroatoms. The lowest BCUT2D eigenvalue weighted by Crippen LogP contribution is -2.17. The third-order valence-electron chi connectivity index (χ3n) is 12.8. The molecule has 2 aliphatic carbocycles. The van der Waals surface area contributed by atoms with Gasteiger partial charge in [-0.25, -0.2) is 0 Å². The van der Waals surface area contributed by atoms with Crippen molar-refractivity contribution in [2.45, 2.75) is 38.5 Å². The maximum absolute atomic E-state index is 2.43. The fraction of sp³-hybridized carbons (Fsp3) is 0.111. The first-order valence-corrected chi connectivity index (χ1v) is 19.8. The maximum Gasteiger partial charge on any atom is 0.0541 e. The van der Waals surface area contributed by atoms with Gasteiger partial charge in [-0.1, -0.05) is 143 Å². The van der Waals surface area contributed by atoms with Gasteiger partial charge in [0.2, 0.25) is 0 Å². The lowest BCUT2D eigenvalue weighted by molar-refractivity contribution is 0.660. The molecule has 0 saturated heterocycles. The van der Waals surface area contributed by atoms with E-state index in [0.29, 0.717) is 0 Å². The first kappa shape index (κ1) is 32.8. The summed E-state index contributed by atoms with van der Waals surface area (Å²) in [6.07, 6.45) is 0. The highest BCUT2D eigenvalue weighted by atomic mass is 15.1. The van der Waals surface area contributed by atoms with Crippen LogP contribution in [0.2, 0.25) is 0 Å². The van der Waals surface area contributed by atoms with Crippen molar-refractivity contribution < 1.29 is 0 Å². The van der Waals surface area contributed by atoms with E-state index in [0.717, 1.165) is 17.1 Å². The first-order valence-electron chi connectivity index (χ1n) is 19.8. The van der Waals surface area contributed by atoms with Crippen molar-refractivity contribution in [2.75, 3.05) is 4.90 Å². The van der Waals surface area contributed by atoms with Crippen LogP contribution in [-0.2, 0) is 10.8 Å². The van der Waals surface area contributed by atoms with Crippen LogP contribution in [0.1, 0.15) is 49.9 Å². The predicted octanol–water partition coefficient (Wildman–Crippen LogP) is 14.5.